The Hall–Kier alpha value is -0.980. The summed E-state index contributed by atoms with van der Waals surface area (Å²) in [5, 5.41) is 2.94. The summed E-state index contributed by atoms with van der Waals surface area (Å²) in [6, 6.07) is -0.375. The first kappa shape index (κ1) is 23.0. The van der Waals surface area contributed by atoms with Gasteiger partial charge in [-0.1, -0.05) is 6.92 Å². The zero-order valence-corrected chi connectivity index (χ0v) is 16.1. The highest BCUT2D eigenvalue weighted by Crippen LogP contribution is 2.22. The smallest absolute Gasteiger partial charge is 0.227 e. The normalized spacial score (nSPS) is 13.6. The number of nitrogens with one attached hydrogen (secondary N) is 1. The van der Waals surface area contributed by atoms with Crippen LogP contribution in [-0.2, 0) is 14.3 Å². The van der Waals surface area contributed by atoms with E-state index in [1.807, 2.05) is 34.6 Å². The first-order valence-corrected chi connectivity index (χ1v) is 8.96. The van der Waals surface area contributed by atoms with E-state index in [1.54, 1.807) is 0 Å². The number of carbonyl (C=O) groups excluding carboxylic acids is 2. The number of nitrogens with two attached hydrogens (primary N) is 2. The molecule has 1 amide bonds. The van der Waals surface area contributed by atoms with E-state index in [1.165, 1.54) is 0 Å². The molecule has 0 aliphatic carbocycles. The van der Waals surface area contributed by atoms with E-state index in [9.17, 15) is 9.59 Å². The number of ether oxygens (including phenoxy) is 1. The second-order valence-corrected chi connectivity index (χ2v) is 7.65. The highest BCUT2D eigenvalue weighted by atomic mass is 16.5. The molecular formula is C18H37N3O3. The van der Waals surface area contributed by atoms with Crippen molar-refractivity contribution in [2.75, 3.05) is 19.7 Å². The van der Waals surface area contributed by atoms with Crippen LogP contribution in [0, 0.1) is 5.41 Å². The molecule has 1 unspecified atom stereocenters. The summed E-state index contributed by atoms with van der Waals surface area (Å²) in [7, 11) is 0. The zero-order chi connectivity index (χ0) is 18.8. The molecule has 24 heavy (non-hydrogen) atoms. The molecule has 0 aromatic heterocycles. The van der Waals surface area contributed by atoms with Crippen molar-refractivity contribution in [3.05, 3.63) is 0 Å². The predicted octanol–water partition coefficient (Wildman–Crippen LogP) is 1.75. The average Bonchev–Trinajstić information content (AvgIpc) is 2.51. The molecule has 0 aliphatic heterocycles. The summed E-state index contributed by atoms with van der Waals surface area (Å²) in [6.45, 7) is 11.0. The molecule has 0 aliphatic rings. The number of ketones is 1. The Bertz CT molecular complexity index is 395. The van der Waals surface area contributed by atoms with Gasteiger partial charge in [-0.25, -0.2) is 0 Å². The first-order valence-electron chi connectivity index (χ1n) is 8.96. The topological polar surface area (TPSA) is 107 Å². The van der Waals surface area contributed by atoms with Crippen molar-refractivity contribution in [1.29, 1.82) is 0 Å². The number of rotatable bonds is 13. The third-order valence-electron chi connectivity index (χ3n) is 4.17. The lowest BCUT2D eigenvalue weighted by Gasteiger charge is -2.31. The number of hydrogen-bond acceptors (Lipinski definition) is 5. The number of carbonyl (C=O) groups is 2. The summed E-state index contributed by atoms with van der Waals surface area (Å²) in [4.78, 5) is 23.7. The van der Waals surface area contributed by atoms with E-state index in [0.29, 0.717) is 32.5 Å². The van der Waals surface area contributed by atoms with Gasteiger partial charge in [-0.05, 0) is 59.9 Å². The fourth-order valence-corrected chi connectivity index (χ4v) is 2.21. The number of hydrogen-bond donors (Lipinski definition) is 3. The van der Waals surface area contributed by atoms with Crippen LogP contribution in [0.5, 0.6) is 0 Å². The molecule has 1 atom stereocenters. The summed E-state index contributed by atoms with van der Waals surface area (Å²) < 4.78 is 5.86. The molecule has 0 heterocycles. The van der Waals surface area contributed by atoms with Gasteiger partial charge in [0, 0.05) is 13.0 Å². The van der Waals surface area contributed by atoms with Crippen molar-refractivity contribution in [3.8, 4) is 0 Å². The van der Waals surface area contributed by atoms with Crippen LogP contribution in [0.3, 0.4) is 0 Å². The summed E-state index contributed by atoms with van der Waals surface area (Å²) in [6.07, 6.45) is 3.54. The van der Waals surface area contributed by atoms with Crippen LogP contribution in [0.1, 0.15) is 66.7 Å². The SMILES string of the molecule is CCC(=O)C(N)CCCCNC(=O)C(C)(C)COC(C)(C)CCN. The Balaban J connectivity index is 4.06. The third-order valence-corrected chi connectivity index (χ3v) is 4.17. The Morgan fingerprint density at radius 2 is 1.79 bits per heavy atom. The molecule has 0 radical (unpaired) electrons. The molecule has 0 aromatic rings. The van der Waals surface area contributed by atoms with Gasteiger partial charge in [0.1, 0.15) is 5.78 Å². The highest BCUT2D eigenvalue weighted by molar-refractivity contribution is 5.83. The lowest BCUT2D eigenvalue weighted by Crippen LogP contribution is -2.43. The third kappa shape index (κ3) is 9.35. The largest absolute Gasteiger partial charge is 0.374 e. The molecule has 0 saturated carbocycles. The van der Waals surface area contributed by atoms with Gasteiger partial charge in [0.2, 0.25) is 5.91 Å². The Kier molecular flexibility index (Phi) is 10.4. The number of unbranched alkanes of at least 4 members (excludes halogenated alkanes) is 1. The van der Waals surface area contributed by atoms with E-state index in [2.05, 4.69) is 5.32 Å². The quantitative estimate of drug-likeness (QED) is 0.442. The molecule has 0 saturated heterocycles. The van der Waals surface area contributed by atoms with Gasteiger partial charge >= 0.3 is 0 Å². The fourth-order valence-electron chi connectivity index (χ4n) is 2.21. The van der Waals surface area contributed by atoms with Gasteiger partial charge in [0.05, 0.1) is 23.7 Å². The van der Waals surface area contributed by atoms with Gasteiger partial charge in [0.15, 0.2) is 0 Å². The van der Waals surface area contributed by atoms with Crippen LogP contribution in [0.4, 0.5) is 0 Å². The molecule has 6 heteroatoms. The minimum absolute atomic E-state index is 0.0278. The maximum Gasteiger partial charge on any atom is 0.227 e. The van der Waals surface area contributed by atoms with Crippen molar-refractivity contribution < 1.29 is 14.3 Å². The van der Waals surface area contributed by atoms with Crippen molar-refractivity contribution in [1.82, 2.24) is 5.32 Å². The minimum atomic E-state index is -0.597. The van der Waals surface area contributed by atoms with Gasteiger partial charge in [-0.15, -0.1) is 0 Å². The summed E-state index contributed by atoms with van der Waals surface area (Å²) in [5.41, 5.74) is 10.4. The predicted molar refractivity (Wildman–Crippen MR) is 97.6 cm³/mol. The van der Waals surface area contributed by atoms with Crippen molar-refractivity contribution >= 4 is 11.7 Å². The molecule has 0 rings (SSSR count). The van der Waals surface area contributed by atoms with Gasteiger partial charge in [-0.2, -0.15) is 0 Å². The molecule has 0 aromatic carbocycles. The molecule has 142 valence electrons. The number of amides is 1. The van der Waals surface area contributed by atoms with Crippen LogP contribution in [0.15, 0.2) is 0 Å². The fraction of sp³-hybridized carbons (Fsp3) is 0.889. The van der Waals surface area contributed by atoms with E-state index in [0.717, 1.165) is 19.3 Å². The van der Waals surface area contributed by atoms with E-state index in [4.69, 9.17) is 16.2 Å². The van der Waals surface area contributed by atoms with Crippen molar-refractivity contribution in [2.45, 2.75) is 78.4 Å². The monoisotopic (exact) mass is 343 g/mol. The zero-order valence-electron chi connectivity index (χ0n) is 16.1. The molecule has 0 spiro atoms. The van der Waals surface area contributed by atoms with E-state index in [-0.39, 0.29) is 23.3 Å². The highest BCUT2D eigenvalue weighted by Gasteiger charge is 2.30. The van der Waals surface area contributed by atoms with E-state index < -0.39 is 5.41 Å². The Labute approximate surface area is 147 Å². The Morgan fingerprint density at radius 3 is 2.33 bits per heavy atom. The van der Waals surface area contributed by atoms with Crippen LogP contribution in [0.25, 0.3) is 0 Å². The molecule has 5 N–H and O–H groups in total. The second-order valence-electron chi connectivity index (χ2n) is 7.65. The van der Waals surface area contributed by atoms with Crippen LogP contribution < -0.4 is 16.8 Å². The molecule has 6 nitrogen and oxygen atoms in total. The van der Waals surface area contributed by atoms with Crippen molar-refractivity contribution in [3.63, 3.8) is 0 Å². The van der Waals surface area contributed by atoms with Gasteiger partial charge in [-0.3, -0.25) is 9.59 Å². The van der Waals surface area contributed by atoms with E-state index >= 15 is 0 Å². The van der Waals surface area contributed by atoms with Crippen LogP contribution in [-0.4, -0.2) is 43.0 Å². The lowest BCUT2D eigenvalue weighted by atomic mass is 9.92. The van der Waals surface area contributed by atoms with Gasteiger partial charge < -0.3 is 21.5 Å². The van der Waals surface area contributed by atoms with Crippen molar-refractivity contribution in [2.24, 2.45) is 16.9 Å². The summed E-state index contributed by atoms with van der Waals surface area (Å²) in [5.74, 6) is 0.0670. The maximum absolute atomic E-state index is 12.3. The summed E-state index contributed by atoms with van der Waals surface area (Å²) >= 11 is 0. The minimum Gasteiger partial charge on any atom is -0.374 e. The lowest BCUT2D eigenvalue weighted by molar-refractivity contribution is -0.137. The Morgan fingerprint density at radius 1 is 1.17 bits per heavy atom. The molecular weight excluding hydrogens is 306 g/mol. The second kappa shape index (κ2) is 10.8. The van der Waals surface area contributed by atoms with Crippen LogP contribution in [0.2, 0.25) is 0 Å². The maximum atomic E-state index is 12.3. The number of Topliss-reactive ketones (excluding diaryl/α,β-unsaturated/α-hetero) is 1. The molecule has 0 fully saturated rings. The molecule has 0 bridgehead atoms. The van der Waals surface area contributed by atoms with Gasteiger partial charge in [0.25, 0.3) is 0 Å². The average molecular weight is 344 g/mol. The first-order chi connectivity index (χ1) is 11.1. The van der Waals surface area contributed by atoms with Crippen LogP contribution >= 0.6 is 0 Å². The standard InChI is InChI=1S/C18H37N3O3/c1-6-15(22)14(20)9-7-8-12-21-16(23)17(2,3)13-24-18(4,5)10-11-19/h14H,6-13,19-20H2,1-5H3,(H,21,23).